The standard InChI is InChI=1S/C12H12Cl3NO2/c1-17-3-2-16-5-7-6-18-12-9(14)4-8(13)11(15)10(7)12/h4,6,16H,2-3,5H2,1H3. The van der Waals surface area contributed by atoms with Gasteiger partial charge in [-0.15, -0.1) is 0 Å². The second-order valence-electron chi connectivity index (χ2n) is 3.79. The molecule has 0 spiro atoms. The highest BCUT2D eigenvalue weighted by Crippen LogP contribution is 2.38. The van der Waals surface area contributed by atoms with E-state index in [2.05, 4.69) is 5.32 Å². The number of nitrogens with one attached hydrogen (secondary N) is 1. The minimum Gasteiger partial charge on any atom is -0.462 e. The zero-order valence-corrected chi connectivity index (χ0v) is 12.0. The van der Waals surface area contributed by atoms with Crippen LogP contribution in [0.5, 0.6) is 0 Å². The molecule has 0 fully saturated rings. The third kappa shape index (κ3) is 2.76. The van der Waals surface area contributed by atoms with E-state index in [1.54, 1.807) is 19.4 Å². The molecule has 1 aromatic carbocycles. The van der Waals surface area contributed by atoms with Crippen LogP contribution < -0.4 is 5.32 Å². The van der Waals surface area contributed by atoms with Crippen LogP contribution in [0.15, 0.2) is 16.7 Å². The van der Waals surface area contributed by atoms with Crippen molar-refractivity contribution >= 4 is 45.8 Å². The van der Waals surface area contributed by atoms with Gasteiger partial charge in [0.15, 0.2) is 5.58 Å². The van der Waals surface area contributed by atoms with Gasteiger partial charge in [0.25, 0.3) is 0 Å². The Morgan fingerprint density at radius 2 is 2.06 bits per heavy atom. The summed E-state index contributed by atoms with van der Waals surface area (Å²) in [4.78, 5) is 0. The number of benzene rings is 1. The minimum atomic E-state index is 0.425. The van der Waals surface area contributed by atoms with Crippen LogP contribution in [-0.4, -0.2) is 20.3 Å². The Kier molecular flexibility index (Phi) is 4.76. The lowest BCUT2D eigenvalue weighted by Crippen LogP contribution is -2.18. The Bertz CT molecular complexity index is 554. The van der Waals surface area contributed by atoms with Crippen molar-refractivity contribution in [1.29, 1.82) is 0 Å². The predicted octanol–water partition coefficient (Wildman–Crippen LogP) is 4.13. The number of methoxy groups -OCH3 is 1. The Morgan fingerprint density at radius 3 is 2.78 bits per heavy atom. The predicted molar refractivity (Wildman–Crippen MR) is 74.8 cm³/mol. The van der Waals surface area contributed by atoms with E-state index in [0.29, 0.717) is 33.8 Å². The van der Waals surface area contributed by atoms with Gasteiger partial charge >= 0.3 is 0 Å². The highest BCUT2D eigenvalue weighted by Gasteiger charge is 2.15. The summed E-state index contributed by atoms with van der Waals surface area (Å²) in [7, 11) is 1.66. The fourth-order valence-corrected chi connectivity index (χ4v) is 2.47. The Hall–Kier alpha value is -0.450. The quantitative estimate of drug-likeness (QED) is 0.666. The van der Waals surface area contributed by atoms with Crippen molar-refractivity contribution < 1.29 is 9.15 Å². The molecule has 0 radical (unpaired) electrons. The van der Waals surface area contributed by atoms with E-state index in [-0.39, 0.29) is 0 Å². The third-order valence-electron chi connectivity index (χ3n) is 2.57. The number of furan rings is 1. The molecule has 0 aliphatic rings. The highest BCUT2D eigenvalue weighted by atomic mass is 35.5. The molecule has 6 heteroatoms. The summed E-state index contributed by atoms with van der Waals surface area (Å²) in [6.45, 7) is 2.01. The molecule has 0 amide bonds. The van der Waals surface area contributed by atoms with E-state index in [1.165, 1.54) is 0 Å². The second-order valence-corrected chi connectivity index (χ2v) is 4.98. The second kappa shape index (κ2) is 6.13. The lowest BCUT2D eigenvalue weighted by molar-refractivity contribution is 0.199. The zero-order valence-electron chi connectivity index (χ0n) is 9.73. The average molecular weight is 309 g/mol. The first-order chi connectivity index (χ1) is 8.65. The van der Waals surface area contributed by atoms with E-state index in [0.717, 1.165) is 17.5 Å². The number of hydrogen-bond donors (Lipinski definition) is 1. The van der Waals surface area contributed by atoms with Crippen molar-refractivity contribution in [2.45, 2.75) is 6.54 Å². The van der Waals surface area contributed by atoms with E-state index in [4.69, 9.17) is 44.0 Å². The molecule has 0 unspecified atom stereocenters. The van der Waals surface area contributed by atoms with Crippen molar-refractivity contribution in [2.75, 3.05) is 20.3 Å². The van der Waals surface area contributed by atoms with Crippen LogP contribution in [0.25, 0.3) is 11.0 Å². The van der Waals surface area contributed by atoms with Gasteiger partial charge < -0.3 is 14.5 Å². The van der Waals surface area contributed by atoms with E-state index >= 15 is 0 Å². The van der Waals surface area contributed by atoms with Crippen LogP contribution in [0.2, 0.25) is 15.1 Å². The smallest absolute Gasteiger partial charge is 0.154 e. The molecular weight excluding hydrogens is 296 g/mol. The maximum absolute atomic E-state index is 6.18. The van der Waals surface area contributed by atoms with E-state index in [1.807, 2.05) is 0 Å². The van der Waals surface area contributed by atoms with Gasteiger partial charge in [-0.1, -0.05) is 34.8 Å². The molecular formula is C12H12Cl3NO2. The summed E-state index contributed by atoms with van der Waals surface area (Å²) >= 11 is 18.2. The maximum atomic E-state index is 6.18. The molecule has 1 N–H and O–H groups in total. The largest absolute Gasteiger partial charge is 0.462 e. The summed E-state index contributed by atoms with van der Waals surface area (Å²) in [5.41, 5.74) is 1.49. The highest BCUT2D eigenvalue weighted by molar-refractivity contribution is 6.47. The first-order valence-corrected chi connectivity index (χ1v) is 6.51. The first-order valence-electron chi connectivity index (χ1n) is 5.38. The molecule has 0 saturated carbocycles. The lowest BCUT2D eigenvalue weighted by atomic mass is 10.1. The Labute approximate surface area is 120 Å². The van der Waals surface area contributed by atoms with Crippen LogP contribution in [0.1, 0.15) is 5.56 Å². The molecule has 0 aliphatic carbocycles. The van der Waals surface area contributed by atoms with Gasteiger partial charge in [0.2, 0.25) is 0 Å². The summed E-state index contributed by atoms with van der Waals surface area (Å²) < 4.78 is 10.4. The van der Waals surface area contributed by atoms with Crippen molar-refractivity contribution in [3.05, 3.63) is 33.0 Å². The van der Waals surface area contributed by atoms with Crippen molar-refractivity contribution in [1.82, 2.24) is 5.32 Å². The van der Waals surface area contributed by atoms with Crippen LogP contribution in [0, 0.1) is 0 Å². The fraction of sp³-hybridized carbons (Fsp3) is 0.333. The minimum absolute atomic E-state index is 0.425. The fourth-order valence-electron chi connectivity index (χ4n) is 1.70. The summed E-state index contributed by atoms with van der Waals surface area (Å²) in [6.07, 6.45) is 1.64. The SMILES string of the molecule is COCCNCc1coc2c(Cl)cc(Cl)c(Cl)c12. The van der Waals surface area contributed by atoms with E-state index in [9.17, 15) is 0 Å². The third-order valence-corrected chi connectivity index (χ3v) is 3.63. The van der Waals surface area contributed by atoms with Gasteiger partial charge in [0, 0.05) is 31.1 Å². The molecule has 3 nitrogen and oxygen atoms in total. The number of ether oxygens (including phenoxy) is 1. The van der Waals surface area contributed by atoms with Gasteiger partial charge in [-0.3, -0.25) is 0 Å². The summed E-state index contributed by atoms with van der Waals surface area (Å²) in [5.74, 6) is 0. The maximum Gasteiger partial charge on any atom is 0.154 e. The molecule has 0 bridgehead atoms. The number of rotatable bonds is 5. The molecule has 18 heavy (non-hydrogen) atoms. The van der Waals surface area contributed by atoms with Crippen LogP contribution in [0.3, 0.4) is 0 Å². The molecule has 2 aromatic rings. The molecule has 1 heterocycles. The number of halogens is 3. The Morgan fingerprint density at radius 1 is 1.28 bits per heavy atom. The van der Waals surface area contributed by atoms with Crippen molar-refractivity contribution in [2.24, 2.45) is 0 Å². The monoisotopic (exact) mass is 307 g/mol. The van der Waals surface area contributed by atoms with Gasteiger partial charge in [0.1, 0.15) is 0 Å². The first kappa shape index (κ1) is 14.0. The number of hydrogen-bond acceptors (Lipinski definition) is 3. The van der Waals surface area contributed by atoms with Crippen molar-refractivity contribution in [3.8, 4) is 0 Å². The topological polar surface area (TPSA) is 34.4 Å². The zero-order chi connectivity index (χ0) is 13.1. The van der Waals surface area contributed by atoms with Crippen LogP contribution in [0.4, 0.5) is 0 Å². The summed E-state index contributed by atoms with van der Waals surface area (Å²) in [6, 6.07) is 1.58. The molecule has 98 valence electrons. The van der Waals surface area contributed by atoms with E-state index < -0.39 is 0 Å². The van der Waals surface area contributed by atoms with Gasteiger partial charge in [-0.2, -0.15) is 0 Å². The number of fused-ring (bicyclic) bond motifs is 1. The normalized spacial score (nSPS) is 11.3. The molecule has 0 aliphatic heterocycles. The van der Waals surface area contributed by atoms with Gasteiger partial charge in [-0.25, -0.2) is 0 Å². The van der Waals surface area contributed by atoms with Gasteiger partial charge in [0.05, 0.1) is 27.9 Å². The molecule has 2 rings (SSSR count). The molecule has 0 atom stereocenters. The van der Waals surface area contributed by atoms with Crippen LogP contribution >= 0.6 is 34.8 Å². The summed E-state index contributed by atoms with van der Waals surface area (Å²) in [5, 5.41) is 5.33. The average Bonchev–Trinajstić information content (AvgIpc) is 2.76. The lowest BCUT2D eigenvalue weighted by Gasteiger charge is -2.04. The molecule has 0 saturated heterocycles. The van der Waals surface area contributed by atoms with Crippen molar-refractivity contribution in [3.63, 3.8) is 0 Å². The van der Waals surface area contributed by atoms with Crippen LogP contribution in [-0.2, 0) is 11.3 Å². The Balaban J connectivity index is 2.29. The van der Waals surface area contributed by atoms with Gasteiger partial charge in [-0.05, 0) is 6.07 Å². The molecule has 1 aromatic heterocycles.